The minimum absolute atomic E-state index is 0.0895. The number of carbonyl (C=O) groups excluding carboxylic acids is 2. The van der Waals surface area contributed by atoms with Crippen LogP contribution in [0.5, 0.6) is 0 Å². The van der Waals surface area contributed by atoms with Crippen molar-refractivity contribution >= 4 is 11.8 Å². The third-order valence-corrected chi connectivity index (χ3v) is 3.66. The van der Waals surface area contributed by atoms with Crippen LogP contribution >= 0.6 is 0 Å². The van der Waals surface area contributed by atoms with Crippen molar-refractivity contribution in [2.45, 2.75) is 31.3 Å². The van der Waals surface area contributed by atoms with Crippen LogP contribution in [0.1, 0.15) is 30.9 Å². The zero-order valence-electron chi connectivity index (χ0n) is 12.6. The Morgan fingerprint density at radius 3 is 2.38 bits per heavy atom. The fourth-order valence-corrected chi connectivity index (χ4v) is 2.49. The summed E-state index contributed by atoms with van der Waals surface area (Å²) in [7, 11) is 4.05. The number of rotatable bonds is 6. The lowest BCUT2D eigenvalue weighted by atomic mass is 10.00. The van der Waals surface area contributed by atoms with Crippen molar-refractivity contribution in [3.05, 3.63) is 35.9 Å². The van der Waals surface area contributed by atoms with Crippen LogP contribution in [-0.2, 0) is 9.59 Å². The van der Waals surface area contributed by atoms with Crippen LogP contribution < -0.4 is 10.6 Å². The summed E-state index contributed by atoms with van der Waals surface area (Å²) in [6, 6.07) is 8.34. The Morgan fingerprint density at radius 1 is 1.00 bits per heavy atom. The molecule has 5 nitrogen and oxygen atoms in total. The van der Waals surface area contributed by atoms with E-state index in [4.69, 9.17) is 0 Å². The number of unbranched alkanes of at least 4 members (excludes halogenated alkanes) is 1. The van der Waals surface area contributed by atoms with E-state index in [2.05, 4.69) is 15.5 Å². The summed E-state index contributed by atoms with van der Waals surface area (Å²) >= 11 is 0. The molecule has 1 aliphatic heterocycles. The van der Waals surface area contributed by atoms with E-state index in [9.17, 15) is 9.59 Å². The number of hydrogen-bond donors (Lipinski definition) is 2. The predicted octanol–water partition coefficient (Wildman–Crippen LogP) is 1.07. The van der Waals surface area contributed by atoms with Gasteiger partial charge in [0.15, 0.2) is 0 Å². The van der Waals surface area contributed by atoms with Gasteiger partial charge in [-0.15, -0.1) is 0 Å². The Hall–Kier alpha value is -1.88. The average molecular weight is 289 g/mol. The first-order valence-corrected chi connectivity index (χ1v) is 7.38. The summed E-state index contributed by atoms with van der Waals surface area (Å²) in [6.07, 6.45) is 2.63. The lowest BCUT2D eigenvalue weighted by Crippen LogP contribution is -2.57. The van der Waals surface area contributed by atoms with Crippen LogP contribution in [0.3, 0.4) is 0 Å². The second-order valence-electron chi connectivity index (χ2n) is 5.71. The fraction of sp³-hybridized carbons (Fsp3) is 0.500. The fourth-order valence-electron chi connectivity index (χ4n) is 2.49. The van der Waals surface area contributed by atoms with Crippen LogP contribution in [0.2, 0.25) is 0 Å². The van der Waals surface area contributed by atoms with Crippen molar-refractivity contribution < 1.29 is 9.59 Å². The zero-order chi connectivity index (χ0) is 15.2. The lowest BCUT2D eigenvalue weighted by Gasteiger charge is -2.30. The third kappa shape index (κ3) is 4.29. The number of amides is 2. The molecule has 0 aromatic heterocycles. The Balaban J connectivity index is 1.87. The molecule has 0 saturated carbocycles. The molecule has 114 valence electrons. The molecule has 0 spiro atoms. The minimum Gasteiger partial charge on any atom is -0.342 e. The molecule has 21 heavy (non-hydrogen) atoms. The number of piperazine rings is 1. The highest BCUT2D eigenvalue weighted by Gasteiger charge is 2.33. The van der Waals surface area contributed by atoms with Gasteiger partial charge < -0.3 is 15.5 Å². The van der Waals surface area contributed by atoms with Gasteiger partial charge in [0.1, 0.15) is 12.1 Å². The highest BCUT2D eigenvalue weighted by molar-refractivity contribution is 5.97. The minimum atomic E-state index is -0.572. The van der Waals surface area contributed by atoms with E-state index in [1.807, 2.05) is 44.4 Å². The maximum absolute atomic E-state index is 12.2. The molecule has 1 fully saturated rings. The molecule has 1 aromatic carbocycles. The molecule has 2 N–H and O–H groups in total. The van der Waals surface area contributed by atoms with Gasteiger partial charge >= 0.3 is 0 Å². The summed E-state index contributed by atoms with van der Waals surface area (Å²) in [5.41, 5.74) is 0.814. The number of benzene rings is 1. The third-order valence-electron chi connectivity index (χ3n) is 3.66. The van der Waals surface area contributed by atoms with Gasteiger partial charge in [-0.25, -0.2) is 0 Å². The van der Waals surface area contributed by atoms with Crippen molar-refractivity contribution in [3.8, 4) is 0 Å². The lowest BCUT2D eigenvalue weighted by molar-refractivity contribution is -0.137. The molecule has 2 amide bonds. The van der Waals surface area contributed by atoms with Gasteiger partial charge in [-0.3, -0.25) is 9.59 Å². The number of hydrogen-bond acceptors (Lipinski definition) is 3. The normalized spacial score (nSPS) is 22.0. The second-order valence-corrected chi connectivity index (χ2v) is 5.71. The molecule has 1 aliphatic rings. The van der Waals surface area contributed by atoms with E-state index < -0.39 is 12.1 Å². The Labute approximate surface area is 125 Å². The van der Waals surface area contributed by atoms with Crippen molar-refractivity contribution in [2.24, 2.45) is 0 Å². The first-order chi connectivity index (χ1) is 10.1. The molecular formula is C16H23N3O2. The van der Waals surface area contributed by atoms with E-state index in [-0.39, 0.29) is 11.8 Å². The van der Waals surface area contributed by atoms with Gasteiger partial charge in [-0.2, -0.15) is 0 Å². The first kappa shape index (κ1) is 15.5. The van der Waals surface area contributed by atoms with Crippen LogP contribution in [0.15, 0.2) is 30.3 Å². The summed E-state index contributed by atoms with van der Waals surface area (Å²) in [4.78, 5) is 26.4. The van der Waals surface area contributed by atoms with Crippen LogP contribution in [-0.4, -0.2) is 43.4 Å². The predicted molar refractivity (Wildman–Crippen MR) is 81.7 cm³/mol. The van der Waals surface area contributed by atoms with E-state index in [0.717, 1.165) is 24.9 Å². The van der Waals surface area contributed by atoms with Crippen molar-refractivity contribution in [1.29, 1.82) is 0 Å². The monoisotopic (exact) mass is 289 g/mol. The van der Waals surface area contributed by atoms with E-state index in [1.165, 1.54) is 0 Å². The molecule has 2 atom stereocenters. The summed E-state index contributed by atoms with van der Waals surface area (Å²) in [6.45, 7) is 0.995. The van der Waals surface area contributed by atoms with Crippen LogP contribution in [0, 0.1) is 0 Å². The van der Waals surface area contributed by atoms with E-state index in [1.54, 1.807) is 0 Å². The SMILES string of the molecule is CN(C)CCCC[C@@H]1NC(=O)[C@H](c2ccccc2)NC1=O. The summed E-state index contributed by atoms with van der Waals surface area (Å²) in [5, 5.41) is 5.66. The maximum Gasteiger partial charge on any atom is 0.247 e. The smallest absolute Gasteiger partial charge is 0.247 e. The summed E-state index contributed by atoms with van der Waals surface area (Å²) < 4.78 is 0. The Bertz CT molecular complexity index is 488. The molecule has 0 radical (unpaired) electrons. The van der Waals surface area contributed by atoms with Gasteiger partial charge in [0.05, 0.1) is 0 Å². The molecule has 1 aromatic rings. The Kier molecular flexibility index (Phi) is 5.33. The number of nitrogens with zero attached hydrogens (tertiary/aromatic N) is 1. The highest BCUT2D eigenvalue weighted by Crippen LogP contribution is 2.17. The Morgan fingerprint density at radius 2 is 1.71 bits per heavy atom. The molecule has 1 saturated heterocycles. The first-order valence-electron chi connectivity index (χ1n) is 7.38. The van der Waals surface area contributed by atoms with Gasteiger partial charge in [-0.05, 0) is 45.5 Å². The summed E-state index contributed by atoms with van der Waals surface area (Å²) in [5.74, 6) is -0.216. The zero-order valence-corrected chi connectivity index (χ0v) is 12.6. The largest absolute Gasteiger partial charge is 0.342 e. The quantitative estimate of drug-likeness (QED) is 0.770. The van der Waals surface area contributed by atoms with Crippen LogP contribution in [0.4, 0.5) is 0 Å². The molecule has 5 heteroatoms. The highest BCUT2D eigenvalue weighted by atomic mass is 16.2. The molecule has 2 rings (SSSR count). The standard InChI is InChI=1S/C16H23N3O2/c1-19(2)11-7-6-10-13-15(20)18-14(16(21)17-13)12-8-4-3-5-9-12/h3-5,8-9,13-14H,6-7,10-11H2,1-2H3,(H,17,21)(H,18,20)/t13-,14-/m0/s1. The van der Waals surface area contributed by atoms with Gasteiger partial charge in [-0.1, -0.05) is 30.3 Å². The molecule has 0 unspecified atom stereocenters. The topological polar surface area (TPSA) is 61.4 Å². The van der Waals surface area contributed by atoms with Gasteiger partial charge in [0.25, 0.3) is 0 Å². The van der Waals surface area contributed by atoms with Crippen molar-refractivity contribution in [1.82, 2.24) is 15.5 Å². The molecular weight excluding hydrogens is 266 g/mol. The van der Waals surface area contributed by atoms with Crippen LogP contribution in [0.25, 0.3) is 0 Å². The second kappa shape index (κ2) is 7.22. The number of carbonyl (C=O) groups is 2. The van der Waals surface area contributed by atoms with Crippen molar-refractivity contribution in [3.63, 3.8) is 0 Å². The van der Waals surface area contributed by atoms with Gasteiger partial charge in [0, 0.05) is 0 Å². The number of nitrogens with one attached hydrogen (secondary N) is 2. The average Bonchev–Trinajstić information content (AvgIpc) is 2.47. The van der Waals surface area contributed by atoms with Crippen molar-refractivity contribution in [2.75, 3.05) is 20.6 Å². The molecule has 0 bridgehead atoms. The van der Waals surface area contributed by atoms with E-state index >= 15 is 0 Å². The molecule has 1 heterocycles. The van der Waals surface area contributed by atoms with Gasteiger partial charge in [0.2, 0.25) is 11.8 Å². The molecule has 0 aliphatic carbocycles. The maximum atomic E-state index is 12.2. The van der Waals surface area contributed by atoms with E-state index in [0.29, 0.717) is 6.42 Å².